The SMILES string of the molecule is CCCC(O)CNC(=O)CC(C)CN. The highest BCUT2D eigenvalue weighted by Crippen LogP contribution is 1.99. The van der Waals surface area contributed by atoms with Crippen LogP contribution in [0.4, 0.5) is 0 Å². The first kappa shape index (κ1) is 13.4. The molecule has 0 heterocycles. The maximum Gasteiger partial charge on any atom is 0.220 e. The van der Waals surface area contributed by atoms with E-state index in [1.54, 1.807) is 0 Å². The van der Waals surface area contributed by atoms with Crippen LogP contribution in [0.5, 0.6) is 0 Å². The third-order valence-corrected chi connectivity index (χ3v) is 2.09. The smallest absolute Gasteiger partial charge is 0.220 e. The van der Waals surface area contributed by atoms with Crippen molar-refractivity contribution in [3.8, 4) is 0 Å². The van der Waals surface area contributed by atoms with E-state index < -0.39 is 6.10 Å². The number of nitrogens with two attached hydrogens (primary N) is 1. The third kappa shape index (κ3) is 6.86. The molecule has 0 radical (unpaired) electrons. The molecule has 1 amide bonds. The van der Waals surface area contributed by atoms with Crippen LogP contribution in [0.25, 0.3) is 0 Å². The first-order valence-corrected chi connectivity index (χ1v) is 5.25. The van der Waals surface area contributed by atoms with E-state index in [1.165, 1.54) is 0 Å². The van der Waals surface area contributed by atoms with Crippen molar-refractivity contribution in [1.29, 1.82) is 0 Å². The van der Waals surface area contributed by atoms with Gasteiger partial charge in [0.1, 0.15) is 0 Å². The molecule has 0 aliphatic heterocycles. The molecule has 2 unspecified atom stereocenters. The van der Waals surface area contributed by atoms with Crippen LogP contribution in [-0.2, 0) is 4.79 Å². The average Bonchev–Trinajstić information content (AvgIpc) is 2.15. The summed E-state index contributed by atoms with van der Waals surface area (Å²) in [6, 6.07) is 0. The molecule has 0 aliphatic rings. The third-order valence-electron chi connectivity index (χ3n) is 2.09. The number of carbonyl (C=O) groups is 1. The van der Waals surface area contributed by atoms with Crippen LogP contribution in [0.3, 0.4) is 0 Å². The lowest BCUT2D eigenvalue weighted by Gasteiger charge is -2.12. The molecule has 4 nitrogen and oxygen atoms in total. The second-order valence-corrected chi connectivity index (χ2v) is 3.79. The number of nitrogens with one attached hydrogen (secondary N) is 1. The molecule has 14 heavy (non-hydrogen) atoms. The van der Waals surface area contributed by atoms with Crippen LogP contribution in [0.15, 0.2) is 0 Å². The molecule has 0 rings (SSSR count). The van der Waals surface area contributed by atoms with Gasteiger partial charge in [0, 0.05) is 13.0 Å². The van der Waals surface area contributed by atoms with Crippen molar-refractivity contribution in [2.45, 2.75) is 39.2 Å². The molecule has 0 saturated carbocycles. The van der Waals surface area contributed by atoms with E-state index in [0.29, 0.717) is 19.5 Å². The fourth-order valence-electron chi connectivity index (χ4n) is 1.14. The summed E-state index contributed by atoms with van der Waals surface area (Å²) < 4.78 is 0. The average molecular weight is 202 g/mol. The summed E-state index contributed by atoms with van der Waals surface area (Å²) in [5, 5.41) is 12.0. The minimum absolute atomic E-state index is 0.0295. The number of hydrogen-bond donors (Lipinski definition) is 3. The van der Waals surface area contributed by atoms with Crippen LogP contribution < -0.4 is 11.1 Å². The summed E-state index contributed by atoms with van der Waals surface area (Å²) >= 11 is 0. The highest BCUT2D eigenvalue weighted by molar-refractivity contribution is 5.76. The Balaban J connectivity index is 3.53. The molecule has 0 aromatic rings. The van der Waals surface area contributed by atoms with Gasteiger partial charge in [-0.3, -0.25) is 4.79 Å². The molecular weight excluding hydrogens is 180 g/mol. The molecule has 2 atom stereocenters. The largest absolute Gasteiger partial charge is 0.391 e. The van der Waals surface area contributed by atoms with Crippen LogP contribution in [-0.4, -0.2) is 30.2 Å². The molecular formula is C10H22N2O2. The van der Waals surface area contributed by atoms with Gasteiger partial charge < -0.3 is 16.2 Å². The van der Waals surface area contributed by atoms with Crippen LogP contribution in [0.2, 0.25) is 0 Å². The molecule has 0 fully saturated rings. The molecule has 0 bridgehead atoms. The first-order chi connectivity index (χ1) is 6.60. The molecule has 84 valence electrons. The zero-order valence-electron chi connectivity index (χ0n) is 9.12. The van der Waals surface area contributed by atoms with Crippen molar-refractivity contribution >= 4 is 5.91 Å². The lowest BCUT2D eigenvalue weighted by atomic mass is 10.1. The Labute approximate surface area is 85.9 Å². The fraction of sp³-hybridized carbons (Fsp3) is 0.900. The van der Waals surface area contributed by atoms with Gasteiger partial charge in [-0.1, -0.05) is 20.3 Å². The second-order valence-electron chi connectivity index (χ2n) is 3.79. The van der Waals surface area contributed by atoms with Crippen LogP contribution >= 0.6 is 0 Å². The molecule has 4 N–H and O–H groups in total. The zero-order chi connectivity index (χ0) is 11.0. The Morgan fingerprint density at radius 2 is 2.21 bits per heavy atom. The predicted molar refractivity (Wildman–Crippen MR) is 56.8 cm³/mol. The van der Waals surface area contributed by atoms with Gasteiger partial charge in [0.05, 0.1) is 6.10 Å². The predicted octanol–water partition coefficient (Wildman–Crippen LogP) is 0.249. The number of carbonyl (C=O) groups excluding carboxylic acids is 1. The molecule has 0 aromatic carbocycles. The zero-order valence-corrected chi connectivity index (χ0v) is 9.12. The summed E-state index contributed by atoms with van der Waals surface area (Å²) in [7, 11) is 0. The van der Waals surface area contributed by atoms with E-state index in [4.69, 9.17) is 5.73 Å². The Morgan fingerprint density at radius 1 is 1.57 bits per heavy atom. The number of amides is 1. The van der Waals surface area contributed by atoms with Crippen molar-refractivity contribution in [2.24, 2.45) is 11.7 Å². The normalized spacial score (nSPS) is 14.9. The first-order valence-electron chi connectivity index (χ1n) is 5.25. The van der Waals surface area contributed by atoms with E-state index in [1.807, 2.05) is 13.8 Å². The second kappa shape index (κ2) is 7.76. The number of aliphatic hydroxyl groups is 1. The summed E-state index contributed by atoms with van der Waals surface area (Å²) in [5.41, 5.74) is 5.39. The molecule has 4 heteroatoms. The molecule has 0 aliphatic carbocycles. The summed E-state index contributed by atoms with van der Waals surface area (Å²) in [6.45, 7) is 4.80. The Hall–Kier alpha value is -0.610. The maximum atomic E-state index is 11.2. The summed E-state index contributed by atoms with van der Waals surface area (Å²) in [5.74, 6) is 0.177. The van der Waals surface area contributed by atoms with Crippen molar-refractivity contribution in [3.05, 3.63) is 0 Å². The standard InChI is InChI=1S/C10H22N2O2/c1-3-4-9(13)7-12-10(14)5-8(2)6-11/h8-9,13H,3-7,11H2,1-2H3,(H,12,14). The highest BCUT2D eigenvalue weighted by atomic mass is 16.3. The minimum atomic E-state index is -0.419. The van der Waals surface area contributed by atoms with Crippen LogP contribution in [0, 0.1) is 5.92 Å². The van der Waals surface area contributed by atoms with Gasteiger partial charge in [0.25, 0.3) is 0 Å². The Bertz CT molecular complexity index is 162. The van der Waals surface area contributed by atoms with Crippen molar-refractivity contribution < 1.29 is 9.90 Å². The van der Waals surface area contributed by atoms with E-state index >= 15 is 0 Å². The van der Waals surface area contributed by atoms with E-state index in [2.05, 4.69) is 5.32 Å². The maximum absolute atomic E-state index is 11.2. The lowest BCUT2D eigenvalue weighted by molar-refractivity contribution is -0.122. The lowest BCUT2D eigenvalue weighted by Crippen LogP contribution is -2.33. The summed E-state index contributed by atoms with van der Waals surface area (Å²) in [4.78, 5) is 11.2. The van der Waals surface area contributed by atoms with Crippen molar-refractivity contribution in [1.82, 2.24) is 5.32 Å². The number of rotatable bonds is 7. The Morgan fingerprint density at radius 3 is 2.71 bits per heavy atom. The van der Waals surface area contributed by atoms with Gasteiger partial charge in [-0.2, -0.15) is 0 Å². The van der Waals surface area contributed by atoms with Crippen molar-refractivity contribution in [2.75, 3.05) is 13.1 Å². The van der Waals surface area contributed by atoms with E-state index in [9.17, 15) is 9.90 Å². The van der Waals surface area contributed by atoms with Crippen LogP contribution in [0.1, 0.15) is 33.1 Å². The molecule has 0 aromatic heterocycles. The monoisotopic (exact) mass is 202 g/mol. The number of aliphatic hydroxyl groups excluding tert-OH is 1. The topological polar surface area (TPSA) is 75.3 Å². The van der Waals surface area contributed by atoms with E-state index in [-0.39, 0.29) is 11.8 Å². The van der Waals surface area contributed by atoms with Gasteiger partial charge in [0.15, 0.2) is 0 Å². The van der Waals surface area contributed by atoms with Gasteiger partial charge in [-0.25, -0.2) is 0 Å². The van der Waals surface area contributed by atoms with Crippen molar-refractivity contribution in [3.63, 3.8) is 0 Å². The molecule has 0 saturated heterocycles. The van der Waals surface area contributed by atoms with Gasteiger partial charge >= 0.3 is 0 Å². The number of hydrogen-bond acceptors (Lipinski definition) is 3. The minimum Gasteiger partial charge on any atom is -0.391 e. The van der Waals surface area contributed by atoms with E-state index in [0.717, 1.165) is 12.8 Å². The summed E-state index contributed by atoms with van der Waals surface area (Å²) in [6.07, 6.45) is 1.68. The quantitative estimate of drug-likeness (QED) is 0.554. The highest BCUT2D eigenvalue weighted by Gasteiger charge is 2.09. The van der Waals surface area contributed by atoms with Gasteiger partial charge in [0.2, 0.25) is 5.91 Å². The van der Waals surface area contributed by atoms with Gasteiger partial charge in [-0.15, -0.1) is 0 Å². The van der Waals surface area contributed by atoms with Gasteiger partial charge in [-0.05, 0) is 18.9 Å². The fourth-order valence-corrected chi connectivity index (χ4v) is 1.14. The Kier molecular flexibility index (Phi) is 7.42. The molecule has 0 spiro atoms.